The predicted molar refractivity (Wildman–Crippen MR) is 56.7 cm³/mol. The Morgan fingerprint density at radius 1 is 1.54 bits per heavy atom. The van der Waals surface area contributed by atoms with Crippen molar-refractivity contribution in [2.75, 3.05) is 0 Å². The molecule has 1 aromatic carbocycles. The third kappa shape index (κ3) is 2.56. The van der Waals surface area contributed by atoms with Crippen molar-refractivity contribution in [3.8, 4) is 0 Å². The van der Waals surface area contributed by atoms with E-state index in [0.717, 1.165) is 22.9 Å². The maximum Gasteiger partial charge on any atom is 0.248 e. The van der Waals surface area contributed by atoms with Crippen molar-refractivity contribution in [1.82, 2.24) is 0 Å². The van der Waals surface area contributed by atoms with Gasteiger partial charge in [-0.2, -0.15) is 0 Å². The first-order chi connectivity index (χ1) is 6.15. The highest BCUT2D eigenvalue weighted by Crippen LogP contribution is 2.17. The first-order valence-corrected chi connectivity index (χ1v) is 5.02. The highest BCUT2D eigenvalue weighted by atomic mass is 79.9. The molecule has 0 atom stereocenters. The van der Waals surface area contributed by atoms with Crippen LogP contribution in [-0.2, 0) is 6.42 Å². The smallest absolute Gasteiger partial charge is 0.248 e. The zero-order valence-electron chi connectivity index (χ0n) is 7.51. The number of carbonyl (C=O) groups excluding carboxylic acids is 1. The molecule has 0 aliphatic heterocycles. The van der Waals surface area contributed by atoms with Crippen molar-refractivity contribution in [2.24, 2.45) is 5.73 Å². The van der Waals surface area contributed by atoms with Crippen LogP contribution in [0, 0.1) is 0 Å². The number of carbonyl (C=O) groups is 1. The lowest BCUT2D eigenvalue weighted by atomic mass is 10.0. The molecule has 0 unspecified atom stereocenters. The van der Waals surface area contributed by atoms with Gasteiger partial charge in [-0.1, -0.05) is 29.3 Å². The molecule has 0 spiro atoms. The first kappa shape index (κ1) is 10.3. The maximum atomic E-state index is 11.0. The average molecular weight is 242 g/mol. The van der Waals surface area contributed by atoms with E-state index in [4.69, 9.17) is 5.73 Å². The summed E-state index contributed by atoms with van der Waals surface area (Å²) in [6.07, 6.45) is 1.90. The van der Waals surface area contributed by atoms with Crippen LogP contribution < -0.4 is 5.73 Å². The van der Waals surface area contributed by atoms with Gasteiger partial charge >= 0.3 is 0 Å². The molecule has 1 aromatic rings. The molecule has 3 heteroatoms. The zero-order chi connectivity index (χ0) is 9.84. The van der Waals surface area contributed by atoms with E-state index in [0.29, 0.717) is 5.56 Å². The third-order valence-electron chi connectivity index (χ3n) is 1.85. The topological polar surface area (TPSA) is 43.1 Å². The number of halogens is 1. The molecular weight excluding hydrogens is 230 g/mol. The Balaban J connectivity index is 3.10. The number of hydrogen-bond donors (Lipinski definition) is 1. The summed E-state index contributed by atoms with van der Waals surface area (Å²) >= 11 is 3.36. The van der Waals surface area contributed by atoms with E-state index in [-0.39, 0.29) is 5.91 Å². The molecule has 2 N–H and O–H groups in total. The summed E-state index contributed by atoms with van der Waals surface area (Å²) in [4.78, 5) is 11.0. The zero-order valence-corrected chi connectivity index (χ0v) is 9.10. The van der Waals surface area contributed by atoms with Crippen LogP contribution in [0.1, 0.15) is 29.3 Å². The Bertz CT molecular complexity index is 323. The number of aryl methyl sites for hydroxylation is 1. The minimum atomic E-state index is -0.351. The summed E-state index contributed by atoms with van der Waals surface area (Å²) < 4.78 is 0.987. The van der Waals surface area contributed by atoms with Crippen molar-refractivity contribution < 1.29 is 4.79 Å². The van der Waals surface area contributed by atoms with Crippen LogP contribution in [0.3, 0.4) is 0 Å². The van der Waals surface area contributed by atoms with E-state index >= 15 is 0 Å². The minimum absolute atomic E-state index is 0.351. The standard InChI is InChI=1S/C10H12BrNO/c1-2-3-7-6-8(11)4-5-9(7)10(12)13/h4-6H,2-3H2,1H3,(H2,12,13). The van der Waals surface area contributed by atoms with Gasteiger partial charge in [0.25, 0.3) is 0 Å². The fourth-order valence-corrected chi connectivity index (χ4v) is 1.69. The molecular formula is C10H12BrNO. The Morgan fingerprint density at radius 2 is 2.23 bits per heavy atom. The van der Waals surface area contributed by atoms with Crippen LogP contribution in [0.5, 0.6) is 0 Å². The van der Waals surface area contributed by atoms with Crippen LogP contribution in [-0.4, -0.2) is 5.91 Å². The van der Waals surface area contributed by atoms with E-state index < -0.39 is 0 Å². The lowest BCUT2D eigenvalue weighted by Gasteiger charge is -2.05. The maximum absolute atomic E-state index is 11.0. The van der Waals surface area contributed by atoms with Gasteiger partial charge in [0.05, 0.1) is 0 Å². The molecule has 0 heterocycles. The van der Waals surface area contributed by atoms with Crippen molar-refractivity contribution in [2.45, 2.75) is 19.8 Å². The minimum Gasteiger partial charge on any atom is -0.366 e. The molecule has 13 heavy (non-hydrogen) atoms. The second kappa shape index (κ2) is 4.42. The summed E-state index contributed by atoms with van der Waals surface area (Å²) in [5, 5.41) is 0. The van der Waals surface area contributed by atoms with Crippen molar-refractivity contribution in [1.29, 1.82) is 0 Å². The van der Waals surface area contributed by atoms with E-state index in [2.05, 4.69) is 22.9 Å². The summed E-state index contributed by atoms with van der Waals surface area (Å²) in [6.45, 7) is 2.08. The highest BCUT2D eigenvalue weighted by Gasteiger charge is 2.06. The molecule has 0 saturated carbocycles. The Labute approximate surface area is 86.3 Å². The van der Waals surface area contributed by atoms with Gasteiger partial charge in [0, 0.05) is 10.0 Å². The Kier molecular flexibility index (Phi) is 3.48. The van der Waals surface area contributed by atoms with E-state index in [1.165, 1.54) is 0 Å². The van der Waals surface area contributed by atoms with Crippen LogP contribution in [0.2, 0.25) is 0 Å². The summed E-state index contributed by atoms with van der Waals surface area (Å²) in [6, 6.07) is 5.54. The van der Waals surface area contributed by atoms with E-state index in [9.17, 15) is 4.79 Å². The second-order valence-electron chi connectivity index (χ2n) is 2.92. The summed E-state index contributed by atoms with van der Waals surface area (Å²) in [7, 11) is 0. The largest absolute Gasteiger partial charge is 0.366 e. The van der Waals surface area contributed by atoms with Crippen LogP contribution >= 0.6 is 15.9 Å². The van der Waals surface area contributed by atoms with Gasteiger partial charge < -0.3 is 5.73 Å². The van der Waals surface area contributed by atoms with Gasteiger partial charge in [-0.15, -0.1) is 0 Å². The molecule has 0 saturated heterocycles. The fraction of sp³-hybridized carbons (Fsp3) is 0.300. The lowest BCUT2D eigenvalue weighted by Crippen LogP contribution is -2.13. The molecule has 0 aliphatic carbocycles. The van der Waals surface area contributed by atoms with E-state index in [1.54, 1.807) is 6.07 Å². The van der Waals surface area contributed by atoms with Crippen LogP contribution in [0.25, 0.3) is 0 Å². The van der Waals surface area contributed by atoms with Gasteiger partial charge in [0.1, 0.15) is 0 Å². The van der Waals surface area contributed by atoms with Crippen LogP contribution in [0.15, 0.2) is 22.7 Å². The average Bonchev–Trinajstić information content (AvgIpc) is 2.04. The molecule has 2 nitrogen and oxygen atoms in total. The first-order valence-electron chi connectivity index (χ1n) is 4.23. The van der Waals surface area contributed by atoms with Crippen LogP contribution in [0.4, 0.5) is 0 Å². The van der Waals surface area contributed by atoms with Crippen molar-refractivity contribution in [3.63, 3.8) is 0 Å². The number of hydrogen-bond acceptors (Lipinski definition) is 1. The molecule has 0 aromatic heterocycles. The SMILES string of the molecule is CCCc1cc(Br)ccc1C(N)=O. The Hall–Kier alpha value is -0.830. The van der Waals surface area contributed by atoms with Gasteiger partial charge in [-0.05, 0) is 30.2 Å². The molecule has 0 radical (unpaired) electrons. The number of benzene rings is 1. The molecule has 0 fully saturated rings. The monoisotopic (exact) mass is 241 g/mol. The van der Waals surface area contributed by atoms with Gasteiger partial charge in [-0.3, -0.25) is 4.79 Å². The fourth-order valence-electron chi connectivity index (χ4n) is 1.28. The molecule has 0 aliphatic rings. The highest BCUT2D eigenvalue weighted by molar-refractivity contribution is 9.10. The van der Waals surface area contributed by atoms with Gasteiger partial charge in [0.2, 0.25) is 5.91 Å². The van der Waals surface area contributed by atoms with Crippen molar-refractivity contribution in [3.05, 3.63) is 33.8 Å². The van der Waals surface area contributed by atoms with Gasteiger partial charge in [-0.25, -0.2) is 0 Å². The predicted octanol–water partition coefficient (Wildman–Crippen LogP) is 2.50. The number of nitrogens with two attached hydrogens (primary N) is 1. The van der Waals surface area contributed by atoms with Crippen molar-refractivity contribution >= 4 is 21.8 Å². The normalized spacial score (nSPS) is 10.0. The third-order valence-corrected chi connectivity index (χ3v) is 2.35. The Morgan fingerprint density at radius 3 is 2.77 bits per heavy atom. The second-order valence-corrected chi connectivity index (χ2v) is 3.83. The quantitative estimate of drug-likeness (QED) is 0.869. The lowest BCUT2D eigenvalue weighted by molar-refractivity contribution is 0.0999. The number of rotatable bonds is 3. The molecule has 70 valence electrons. The molecule has 1 amide bonds. The van der Waals surface area contributed by atoms with E-state index in [1.807, 2.05) is 12.1 Å². The molecule has 1 rings (SSSR count). The number of primary amides is 1. The number of amides is 1. The summed E-state index contributed by atoms with van der Waals surface area (Å²) in [5.74, 6) is -0.351. The van der Waals surface area contributed by atoms with Gasteiger partial charge in [0.15, 0.2) is 0 Å². The summed E-state index contributed by atoms with van der Waals surface area (Å²) in [5.41, 5.74) is 6.89. The molecule has 0 bridgehead atoms.